The van der Waals surface area contributed by atoms with Crippen LogP contribution >= 0.6 is 0 Å². The molecule has 4 N–H and O–H groups in total. The zero-order chi connectivity index (χ0) is 26.6. The van der Waals surface area contributed by atoms with Gasteiger partial charge in [0, 0.05) is 38.3 Å². The minimum atomic E-state index is -3.59. The van der Waals surface area contributed by atoms with E-state index < -0.39 is 22.0 Å². The quantitative estimate of drug-likeness (QED) is 0.350. The molecule has 1 fully saturated rings. The summed E-state index contributed by atoms with van der Waals surface area (Å²) in [6.07, 6.45) is 4.34. The third-order valence-electron chi connectivity index (χ3n) is 5.49. The van der Waals surface area contributed by atoms with Crippen LogP contribution in [0.15, 0.2) is 65.6 Å². The van der Waals surface area contributed by atoms with Crippen molar-refractivity contribution < 1.29 is 32.6 Å². The fourth-order valence-electron chi connectivity index (χ4n) is 3.62. The molecule has 1 unspecified atom stereocenters. The normalized spacial score (nSPS) is 16.3. The molecule has 0 bridgehead atoms. The van der Waals surface area contributed by atoms with Gasteiger partial charge in [0.05, 0.1) is 4.90 Å². The van der Waals surface area contributed by atoms with Gasteiger partial charge in [-0.3, -0.25) is 0 Å². The topological polar surface area (TPSA) is 136 Å². The molecule has 11 heteroatoms. The molecule has 2 aromatic rings. The van der Waals surface area contributed by atoms with Crippen LogP contribution in [0.2, 0.25) is 0 Å². The molecule has 1 aliphatic heterocycles. The van der Waals surface area contributed by atoms with Crippen molar-refractivity contribution in [2.45, 2.75) is 44.2 Å². The van der Waals surface area contributed by atoms with E-state index in [4.69, 9.17) is 10.2 Å². The van der Waals surface area contributed by atoms with Gasteiger partial charge in [-0.25, -0.2) is 27.4 Å². The van der Waals surface area contributed by atoms with Crippen LogP contribution in [0.3, 0.4) is 0 Å². The Morgan fingerprint density at radius 1 is 1.06 bits per heavy atom. The Labute approximate surface area is 210 Å². The van der Waals surface area contributed by atoms with Crippen LogP contribution in [0.1, 0.15) is 37.3 Å². The van der Waals surface area contributed by atoms with Crippen LogP contribution in [0, 0.1) is 11.7 Å². The Balaban J connectivity index is 0.000000493. The van der Waals surface area contributed by atoms with Gasteiger partial charge in [0.1, 0.15) is 5.82 Å². The molecule has 0 aromatic heterocycles. The summed E-state index contributed by atoms with van der Waals surface area (Å²) < 4.78 is 38.5. The maximum atomic E-state index is 13.0. The third kappa shape index (κ3) is 10.6. The van der Waals surface area contributed by atoms with Gasteiger partial charge < -0.3 is 15.5 Å². The minimum Gasteiger partial charge on any atom is -0.478 e. The standard InChI is InChI=1S/C21H28FN3O2S.C4H4O4/c1-2-17-6-4-12-25(16-17)24-28(26,27)21-7-3-5-19(13-21)15-23-14-18-8-10-20(22)11-9-18;5-3(6)1-2-4(7)8/h3,5,7-11,13,17,23-24H,2,4,6,12,14-16H2,1H3;1-2H,(H,5,6)(H,7,8)/b;2-1-. The molecular weight excluding hydrogens is 489 g/mol. The molecule has 1 saturated heterocycles. The Bertz CT molecular complexity index is 1120. The average Bonchev–Trinajstić information content (AvgIpc) is 2.84. The first-order valence-electron chi connectivity index (χ1n) is 11.5. The fraction of sp³-hybridized carbons (Fsp3) is 0.360. The van der Waals surface area contributed by atoms with Gasteiger partial charge in [-0.2, -0.15) is 0 Å². The van der Waals surface area contributed by atoms with Gasteiger partial charge in [-0.05, 0) is 54.2 Å². The van der Waals surface area contributed by atoms with Crippen LogP contribution in [0.5, 0.6) is 0 Å². The molecule has 0 saturated carbocycles. The monoisotopic (exact) mass is 521 g/mol. The number of piperidine rings is 1. The predicted octanol–water partition coefficient (Wildman–Crippen LogP) is 3.14. The van der Waals surface area contributed by atoms with Crippen molar-refractivity contribution in [3.8, 4) is 0 Å². The smallest absolute Gasteiger partial charge is 0.328 e. The fourth-order valence-corrected chi connectivity index (χ4v) is 4.80. The molecule has 1 heterocycles. The molecule has 0 spiro atoms. The number of hydrogen-bond acceptors (Lipinski definition) is 6. The SMILES string of the molecule is CCC1CCCN(NS(=O)(=O)c2cccc(CNCc3ccc(F)cc3)c2)C1.O=C(O)/C=C\C(=O)O. The highest BCUT2D eigenvalue weighted by molar-refractivity contribution is 7.89. The van der Waals surface area contributed by atoms with E-state index in [-0.39, 0.29) is 10.7 Å². The molecule has 3 rings (SSSR count). The first kappa shape index (κ1) is 29.1. The maximum absolute atomic E-state index is 13.0. The number of nitrogens with one attached hydrogen (secondary N) is 2. The molecule has 196 valence electrons. The van der Waals surface area contributed by atoms with E-state index in [0.29, 0.717) is 31.2 Å². The molecule has 2 aromatic carbocycles. The number of nitrogens with zero attached hydrogens (tertiary/aromatic N) is 1. The van der Waals surface area contributed by atoms with Gasteiger partial charge in [0.2, 0.25) is 0 Å². The molecule has 36 heavy (non-hydrogen) atoms. The summed E-state index contributed by atoms with van der Waals surface area (Å²) in [7, 11) is -3.59. The average molecular weight is 522 g/mol. The molecule has 0 amide bonds. The van der Waals surface area contributed by atoms with Crippen molar-refractivity contribution in [2.24, 2.45) is 5.92 Å². The lowest BCUT2D eigenvalue weighted by Gasteiger charge is -2.32. The van der Waals surface area contributed by atoms with E-state index in [1.54, 1.807) is 30.3 Å². The van der Waals surface area contributed by atoms with Crippen LogP contribution < -0.4 is 10.1 Å². The van der Waals surface area contributed by atoms with Gasteiger partial charge in [-0.15, -0.1) is 4.83 Å². The van der Waals surface area contributed by atoms with Crippen molar-refractivity contribution in [1.29, 1.82) is 0 Å². The number of carbonyl (C=O) groups is 2. The van der Waals surface area contributed by atoms with Crippen molar-refractivity contribution in [3.05, 3.63) is 77.6 Å². The van der Waals surface area contributed by atoms with Crippen molar-refractivity contribution in [3.63, 3.8) is 0 Å². The highest BCUT2D eigenvalue weighted by atomic mass is 32.2. The van der Waals surface area contributed by atoms with Crippen LogP contribution in [-0.2, 0) is 32.7 Å². The number of aliphatic carboxylic acids is 2. The van der Waals surface area contributed by atoms with E-state index in [1.807, 2.05) is 11.1 Å². The summed E-state index contributed by atoms with van der Waals surface area (Å²) in [6, 6.07) is 13.3. The van der Waals surface area contributed by atoms with Crippen molar-refractivity contribution in [1.82, 2.24) is 15.2 Å². The van der Waals surface area contributed by atoms with Crippen LogP contribution in [-0.4, -0.2) is 48.7 Å². The summed E-state index contributed by atoms with van der Waals surface area (Å²) in [5.41, 5.74) is 1.86. The number of sulfonamides is 1. The van der Waals surface area contributed by atoms with Crippen LogP contribution in [0.25, 0.3) is 0 Å². The lowest BCUT2D eigenvalue weighted by Crippen LogP contribution is -2.47. The van der Waals surface area contributed by atoms with E-state index in [0.717, 1.165) is 43.5 Å². The van der Waals surface area contributed by atoms with Crippen molar-refractivity contribution in [2.75, 3.05) is 13.1 Å². The summed E-state index contributed by atoms with van der Waals surface area (Å²) >= 11 is 0. The Morgan fingerprint density at radius 3 is 2.31 bits per heavy atom. The number of rotatable bonds is 10. The second kappa shape index (κ2) is 14.4. The van der Waals surface area contributed by atoms with Gasteiger partial charge in [0.25, 0.3) is 10.0 Å². The highest BCUT2D eigenvalue weighted by Crippen LogP contribution is 2.19. The highest BCUT2D eigenvalue weighted by Gasteiger charge is 2.23. The van der Waals surface area contributed by atoms with Crippen molar-refractivity contribution >= 4 is 22.0 Å². The zero-order valence-electron chi connectivity index (χ0n) is 20.1. The molecule has 9 nitrogen and oxygen atoms in total. The van der Waals surface area contributed by atoms with Gasteiger partial charge in [-0.1, -0.05) is 37.6 Å². The number of hydrogen-bond donors (Lipinski definition) is 4. The molecule has 1 atom stereocenters. The summed E-state index contributed by atoms with van der Waals surface area (Å²) in [5.74, 6) is -2.23. The lowest BCUT2D eigenvalue weighted by atomic mass is 9.97. The second-order valence-electron chi connectivity index (χ2n) is 8.34. The molecule has 1 aliphatic rings. The molecular formula is C25H32FN3O6S. The first-order valence-corrected chi connectivity index (χ1v) is 13.0. The number of halogens is 1. The molecule has 0 aliphatic carbocycles. The lowest BCUT2D eigenvalue weighted by molar-refractivity contribution is -0.134. The number of benzene rings is 2. The number of carboxylic acids is 2. The predicted molar refractivity (Wildman–Crippen MR) is 133 cm³/mol. The summed E-state index contributed by atoms with van der Waals surface area (Å²) in [6.45, 7) is 4.76. The second-order valence-corrected chi connectivity index (χ2v) is 10.0. The molecule has 0 radical (unpaired) electrons. The Hall–Kier alpha value is -3.12. The van der Waals surface area contributed by atoms with Gasteiger partial charge in [0.15, 0.2) is 0 Å². The maximum Gasteiger partial charge on any atom is 0.328 e. The zero-order valence-corrected chi connectivity index (χ0v) is 20.9. The Morgan fingerprint density at radius 2 is 1.69 bits per heavy atom. The van der Waals surface area contributed by atoms with E-state index >= 15 is 0 Å². The third-order valence-corrected chi connectivity index (χ3v) is 6.87. The van der Waals surface area contributed by atoms with E-state index in [2.05, 4.69) is 17.1 Å². The largest absolute Gasteiger partial charge is 0.478 e. The summed E-state index contributed by atoms with van der Waals surface area (Å²) in [5, 5.41) is 20.7. The first-order chi connectivity index (χ1) is 17.1. The Kier molecular flexibility index (Phi) is 11.7. The number of hydrazine groups is 1. The van der Waals surface area contributed by atoms with Gasteiger partial charge >= 0.3 is 11.9 Å². The van der Waals surface area contributed by atoms with E-state index in [1.165, 1.54) is 12.1 Å². The summed E-state index contributed by atoms with van der Waals surface area (Å²) in [4.78, 5) is 22.1. The minimum absolute atomic E-state index is 0.256. The number of carboxylic acid groups (broad SMARTS) is 2. The van der Waals surface area contributed by atoms with E-state index in [9.17, 15) is 22.4 Å². The van der Waals surface area contributed by atoms with Crippen LogP contribution in [0.4, 0.5) is 4.39 Å².